The van der Waals surface area contributed by atoms with E-state index in [0.29, 0.717) is 9.13 Å². The normalized spacial score (nSPS) is 20.4. The molecule has 0 fully saturated rings. The lowest BCUT2D eigenvalue weighted by Gasteiger charge is -2.15. The zero-order chi connectivity index (χ0) is 60.4. The van der Waals surface area contributed by atoms with Gasteiger partial charge in [0.05, 0.1) is 87.0 Å². The summed E-state index contributed by atoms with van der Waals surface area (Å²) >= 11 is 0. The molecule has 0 amide bonds. The molecule has 3 nitrogen and oxygen atoms in total. The monoisotopic (exact) mass is 680 g/mol. The average molecular weight is 681 g/mol. The van der Waals surface area contributed by atoms with Gasteiger partial charge in [-0.2, -0.15) is 0 Å². The van der Waals surface area contributed by atoms with Crippen LogP contribution in [-0.2, 0) is 0 Å². The summed E-state index contributed by atoms with van der Waals surface area (Å²) in [5.74, 6) is 0. The molecule has 0 N–H and O–H groups in total. The molecule has 3 heteroatoms. The van der Waals surface area contributed by atoms with Crippen LogP contribution in [-0.4, -0.2) is 13.7 Å². The Bertz CT molecular complexity index is 4830. The molecule has 11 aromatic rings. The number of aromatic nitrogens is 3. The highest BCUT2D eigenvalue weighted by Crippen LogP contribution is 2.42. The minimum Gasteiger partial charge on any atom is -0.309 e. The molecule has 51 heavy (non-hydrogen) atoms. The molecule has 3 heterocycles. The van der Waals surface area contributed by atoms with E-state index < -0.39 is 281 Å². The van der Waals surface area contributed by atoms with Crippen molar-refractivity contribution in [3.8, 4) is 28.2 Å². The first-order chi connectivity index (χ1) is 38.2. The molecule has 0 atom stereocenters. The van der Waals surface area contributed by atoms with Crippen molar-refractivity contribution in [2.45, 2.75) is 0 Å². The van der Waals surface area contributed by atoms with Crippen molar-refractivity contribution >= 4 is 65.4 Å². The van der Waals surface area contributed by atoms with Gasteiger partial charge in [-0.3, -0.25) is 0 Å². The second-order valence-electron chi connectivity index (χ2n) is 11.0. The van der Waals surface area contributed by atoms with Crippen LogP contribution in [0.15, 0.2) is 187 Å². The number of rotatable bonds is 4. The molecule has 0 aliphatic heterocycles. The minimum absolute atomic E-state index is 0.525. The third kappa shape index (κ3) is 4.00. The molecular formula is C48H31N3. The van der Waals surface area contributed by atoms with Gasteiger partial charge in [-0.25, -0.2) is 0 Å². The van der Waals surface area contributed by atoms with Crippen molar-refractivity contribution in [2.24, 2.45) is 0 Å². The van der Waals surface area contributed by atoms with Crippen LogP contribution in [0.3, 0.4) is 0 Å². The quantitative estimate of drug-likeness (QED) is 0.176. The van der Waals surface area contributed by atoms with E-state index in [-0.39, 0.29) is 0 Å². The fourth-order valence-corrected chi connectivity index (χ4v) is 6.46. The summed E-state index contributed by atoms with van der Waals surface area (Å²) in [6.07, 6.45) is 0. The van der Waals surface area contributed by atoms with Crippen LogP contribution in [0, 0.1) is 0 Å². The lowest BCUT2D eigenvalue weighted by atomic mass is 10.0. The molecule has 0 aliphatic carbocycles. The largest absolute Gasteiger partial charge is 0.309 e. The summed E-state index contributed by atoms with van der Waals surface area (Å²) in [4.78, 5) is 0. The van der Waals surface area contributed by atoms with Gasteiger partial charge in [0.1, 0.15) is 0 Å². The van der Waals surface area contributed by atoms with Crippen LogP contribution in [0.5, 0.6) is 0 Å². The van der Waals surface area contributed by atoms with Crippen molar-refractivity contribution in [3.05, 3.63) is 187 Å². The number of nitrogens with zero attached hydrogens (tertiary/aromatic N) is 3. The van der Waals surface area contributed by atoms with E-state index in [4.69, 9.17) is 23.3 Å². The standard InChI is InChI=1S/C48H31N3/c1-2-15-32(16-3-1)34-17-4-9-22-40(34)51-43-25-12-7-20-37(43)38-30-29-33(31-47(38)51)49-44-26-13-8-21-39(44)48-45(49)27-14-28-46(48)50-41-23-10-5-18-35(41)36-19-6-11-24-42(36)50/h1-31H/i1D,2D,3D,4D,5D,6D,7D,8D,9D,10D,11D,12D,13D,14D,15D,16D,17D,18D,19D,20D,21D,22D,23D,24D,25D,26D,27D,28D,29D,30D,31D. The van der Waals surface area contributed by atoms with Gasteiger partial charge >= 0.3 is 0 Å². The molecule has 0 bridgehead atoms. The van der Waals surface area contributed by atoms with Gasteiger partial charge < -0.3 is 13.7 Å². The number of fused-ring (bicyclic) bond motifs is 9. The van der Waals surface area contributed by atoms with E-state index in [1.165, 1.54) is 0 Å². The summed E-state index contributed by atoms with van der Waals surface area (Å²) in [7, 11) is 0. The van der Waals surface area contributed by atoms with Gasteiger partial charge in [0, 0.05) is 43.6 Å². The lowest BCUT2D eigenvalue weighted by Crippen LogP contribution is -1.99. The first-order valence-electron chi connectivity index (χ1n) is 30.5. The highest BCUT2D eigenvalue weighted by atomic mass is 15.0. The molecule has 0 saturated carbocycles. The van der Waals surface area contributed by atoms with Crippen LogP contribution >= 0.6 is 0 Å². The van der Waals surface area contributed by atoms with Gasteiger partial charge in [-0.15, -0.1) is 0 Å². The Balaban J connectivity index is 1.47. The zero-order valence-electron chi connectivity index (χ0n) is 56.3. The van der Waals surface area contributed by atoms with Crippen LogP contribution in [0.2, 0.25) is 0 Å². The molecule has 0 unspecified atom stereocenters. The van der Waals surface area contributed by atoms with E-state index in [0.717, 1.165) is 4.57 Å². The maximum absolute atomic E-state index is 10.3. The predicted octanol–water partition coefficient (Wildman–Crippen LogP) is 12.6. The molecule has 3 aromatic heterocycles. The zero-order valence-corrected chi connectivity index (χ0v) is 25.3. The SMILES string of the molecule is [2H]c1c([2H])c([2H])c(-c2c([2H])c([2H])c([2H])c([2H])c2-n2c3c([2H])c([2H])c([2H])c([2H])c3c3c([2H])c([2H])c(-n4c5c([2H])c([2H])c([2H])c([2H])c5c5c(-n6c7c([2H])c([2H])c([2H])c([2H])c7c7c([2H])c([2H])c([2H])c([2H])c76)c([2H])c([2H])c([2H])c54)c([2H])c32)c([2H])c1[2H]. The average Bonchev–Trinajstić information content (AvgIpc) is 1.86. The Labute approximate surface area is 338 Å². The summed E-state index contributed by atoms with van der Waals surface area (Å²) in [5, 5.41) is -3.78. The molecule has 238 valence electrons. The molecule has 0 aliphatic rings. The number of hydrogen-bond donors (Lipinski definition) is 0. The third-order valence-corrected chi connectivity index (χ3v) is 8.47. The molecule has 8 aromatic carbocycles. The van der Waals surface area contributed by atoms with Crippen LogP contribution in [0.4, 0.5) is 0 Å². The summed E-state index contributed by atoms with van der Waals surface area (Å²) in [5.41, 5.74) is -8.87. The second kappa shape index (κ2) is 10.8. The van der Waals surface area contributed by atoms with E-state index in [2.05, 4.69) is 0 Å². The molecule has 0 radical (unpaired) electrons. The van der Waals surface area contributed by atoms with Gasteiger partial charge in [-0.05, 0) is 59.9 Å². The molecule has 0 spiro atoms. The maximum atomic E-state index is 10.3. The predicted molar refractivity (Wildman–Crippen MR) is 215 cm³/mol. The number of hydrogen-bond acceptors (Lipinski definition) is 0. The minimum atomic E-state index is -1.13. The third-order valence-electron chi connectivity index (χ3n) is 8.47. The lowest BCUT2D eigenvalue weighted by molar-refractivity contribution is 1.15. The Morgan fingerprint density at radius 1 is 0.314 bits per heavy atom. The fraction of sp³-hybridized carbons (Fsp3) is 0. The highest BCUT2D eigenvalue weighted by molar-refractivity contribution is 6.17. The summed E-state index contributed by atoms with van der Waals surface area (Å²) in [6, 6.07) is -30.6. The van der Waals surface area contributed by atoms with Crippen molar-refractivity contribution in [2.75, 3.05) is 0 Å². The van der Waals surface area contributed by atoms with E-state index in [1.54, 1.807) is 0 Å². The first-order valence-corrected chi connectivity index (χ1v) is 15.0. The molecular weight excluding hydrogens is 619 g/mol. The topological polar surface area (TPSA) is 14.8 Å². The number of para-hydroxylation sites is 5. The van der Waals surface area contributed by atoms with Crippen molar-refractivity contribution < 1.29 is 42.5 Å². The smallest absolute Gasteiger partial charge is 0.0667 e. The van der Waals surface area contributed by atoms with Crippen LogP contribution < -0.4 is 0 Å². The Hall–Kier alpha value is -6.84. The summed E-state index contributed by atoms with van der Waals surface area (Å²) < 4.78 is 284. The molecule has 11 rings (SSSR count). The second-order valence-corrected chi connectivity index (χ2v) is 11.0. The van der Waals surface area contributed by atoms with Gasteiger partial charge in [-0.1, -0.05) is 133 Å². The Kier molecular flexibility index (Phi) is 2.41. The molecule has 0 saturated heterocycles. The first kappa shape index (κ1) is 11.3. The fourth-order valence-electron chi connectivity index (χ4n) is 6.46. The highest BCUT2D eigenvalue weighted by Gasteiger charge is 2.21. The number of benzene rings is 8. The van der Waals surface area contributed by atoms with Crippen LogP contribution in [0.25, 0.3) is 93.6 Å². The van der Waals surface area contributed by atoms with Gasteiger partial charge in [0.15, 0.2) is 0 Å². The van der Waals surface area contributed by atoms with E-state index >= 15 is 0 Å². The van der Waals surface area contributed by atoms with Gasteiger partial charge in [0.25, 0.3) is 0 Å². The Morgan fingerprint density at radius 3 is 1.45 bits per heavy atom. The van der Waals surface area contributed by atoms with Crippen LogP contribution in [0.1, 0.15) is 42.5 Å². The summed E-state index contributed by atoms with van der Waals surface area (Å²) in [6.45, 7) is 0. The van der Waals surface area contributed by atoms with Gasteiger partial charge in [0.2, 0.25) is 0 Å². The maximum Gasteiger partial charge on any atom is 0.0667 e. The van der Waals surface area contributed by atoms with Crippen molar-refractivity contribution in [1.82, 2.24) is 13.7 Å². The van der Waals surface area contributed by atoms with E-state index in [1.807, 2.05) is 0 Å². The van der Waals surface area contributed by atoms with Crippen molar-refractivity contribution in [3.63, 3.8) is 0 Å². The van der Waals surface area contributed by atoms with E-state index in [9.17, 15) is 19.2 Å². The Morgan fingerprint density at radius 2 is 0.784 bits per heavy atom. The van der Waals surface area contributed by atoms with Crippen molar-refractivity contribution in [1.29, 1.82) is 0 Å².